The molecule has 1 fully saturated rings. The van der Waals surface area contributed by atoms with Gasteiger partial charge in [0.15, 0.2) is 0 Å². The third kappa shape index (κ3) is 3.77. The number of carbonyl (C=O) groups excluding carboxylic acids is 1. The normalized spacial score (nSPS) is 16.8. The Kier molecular flexibility index (Phi) is 5.12. The van der Waals surface area contributed by atoms with Crippen molar-refractivity contribution in [1.29, 1.82) is 0 Å². The summed E-state index contributed by atoms with van der Waals surface area (Å²) in [6, 6.07) is 7.24. The zero-order chi connectivity index (χ0) is 19.5. The summed E-state index contributed by atoms with van der Waals surface area (Å²) in [7, 11) is 0. The summed E-state index contributed by atoms with van der Waals surface area (Å²) in [5.41, 5.74) is 8.19. The number of hydrogen-bond donors (Lipinski definition) is 2. The number of nitrogens with two attached hydrogens (primary N) is 1. The molecule has 1 aliphatic rings. The van der Waals surface area contributed by atoms with Crippen LogP contribution in [0.15, 0.2) is 42.9 Å². The van der Waals surface area contributed by atoms with Gasteiger partial charge in [-0.05, 0) is 44.0 Å². The number of primary amides is 1. The monoisotopic (exact) mass is 377 g/mol. The number of carbonyl (C=O) groups is 1. The van der Waals surface area contributed by atoms with E-state index in [4.69, 9.17) is 10.7 Å². The molecule has 1 amide bonds. The second-order valence-electron chi connectivity index (χ2n) is 7.03. The van der Waals surface area contributed by atoms with E-state index >= 15 is 0 Å². The highest BCUT2D eigenvalue weighted by Gasteiger charge is 2.31. The van der Waals surface area contributed by atoms with Crippen LogP contribution in [0.4, 0.5) is 5.95 Å². The lowest BCUT2D eigenvalue weighted by atomic mass is 10.0. The molecule has 8 nitrogen and oxygen atoms in total. The number of piperidine rings is 1. The van der Waals surface area contributed by atoms with Crippen LogP contribution in [0.3, 0.4) is 0 Å². The zero-order valence-corrected chi connectivity index (χ0v) is 15.7. The Hall–Kier alpha value is -3.13. The van der Waals surface area contributed by atoms with E-state index in [-0.39, 0.29) is 11.9 Å². The standard InChI is InChI=1S/C20H23N7O/c1-13-15-3-4-17(26-16(15)5-10-22-13)18(19(21)28)27-11-6-14(7-12-27)25-20-23-8-2-9-24-20/h2-5,8-10,14,18H,6-7,11-12H2,1H3,(H2,21,28)(H,23,24,25). The lowest BCUT2D eigenvalue weighted by Crippen LogP contribution is -2.45. The van der Waals surface area contributed by atoms with E-state index in [0.717, 1.165) is 42.5 Å². The number of nitrogens with one attached hydrogen (secondary N) is 1. The van der Waals surface area contributed by atoms with Crippen LogP contribution in [0.2, 0.25) is 0 Å². The Morgan fingerprint density at radius 1 is 1.14 bits per heavy atom. The molecule has 3 aromatic rings. The molecule has 3 aromatic heterocycles. The first kappa shape index (κ1) is 18.2. The van der Waals surface area contributed by atoms with Crippen molar-refractivity contribution in [2.75, 3.05) is 18.4 Å². The van der Waals surface area contributed by atoms with E-state index in [0.29, 0.717) is 11.6 Å². The van der Waals surface area contributed by atoms with Crippen LogP contribution in [-0.4, -0.2) is 49.9 Å². The first-order chi connectivity index (χ1) is 13.6. The van der Waals surface area contributed by atoms with Gasteiger partial charge < -0.3 is 11.1 Å². The molecule has 1 saturated heterocycles. The fourth-order valence-electron chi connectivity index (χ4n) is 3.74. The lowest BCUT2D eigenvalue weighted by Gasteiger charge is -2.36. The van der Waals surface area contributed by atoms with Gasteiger partial charge in [0, 0.05) is 48.8 Å². The van der Waals surface area contributed by atoms with Crippen molar-refractivity contribution in [1.82, 2.24) is 24.8 Å². The Bertz CT molecular complexity index is 971. The fourth-order valence-corrected chi connectivity index (χ4v) is 3.74. The first-order valence-corrected chi connectivity index (χ1v) is 9.41. The molecular formula is C20H23N7O. The second kappa shape index (κ2) is 7.85. The average molecular weight is 377 g/mol. The minimum atomic E-state index is -0.535. The van der Waals surface area contributed by atoms with Gasteiger partial charge in [0.1, 0.15) is 6.04 Å². The van der Waals surface area contributed by atoms with Crippen molar-refractivity contribution in [2.24, 2.45) is 5.73 Å². The number of hydrogen-bond acceptors (Lipinski definition) is 7. The van der Waals surface area contributed by atoms with Crippen LogP contribution in [0.25, 0.3) is 10.9 Å². The molecule has 1 atom stereocenters. The lowest BCUT2D eigenvalue weighted by molar-refractivity contribution is -0.124. The van der Waals surface area contributed by atoms with E-state index in [2.05, 4.69) is 25.2 Å². The van der Waals surface area contributed by atoms with Gasteiger partial charge in [0.2, 0.25) is 11.9 Å². The molecule has 0 aliphatic carbocycles. The highest BCUT2D eigenvalue weighted by Crippen LogP contribution is 2.26. The quantitative estimate of drug-likeness (QED) is 0.698. The van der Waals surface area contributed by atoms with Crippen molar-refractivity contribution in [3.63, 3.8) is 0 Å². The SMILES string of the molecule is Cc1nccc2nc(C(C(N)=O)N3CCC(Nc4ncccn4)CC3)ccc12. The number of anilines is 1. The number of aromatic nitrogens is 4. The predicted molar refractivity (Wildman–Crippen MR) is 106 cm³/mol. The molecule has 144 valence electrons. The molecule has 0 radical (unpaired) electrons. The topological polar surface area (TPSA) is 110 Å². The summed E-state index contributed by atoms with van der Waals surface area (Å²) in [6.07, 6.45) is 6.92. The zero-order valence-electron chi connectivity index (χ0n) is 15.7. The molecule has 0 bridgehead atoms. The second-order valence-corrected chi connectivity index (χ2v) is 7.03. The van der Waals surface area contributed by atoms with Crippen LogP contribution in [0.1, 0.15) is 30.3 Å². The van der Waals surface area contributed by atoms with Crippen molar-refractivity contribution in [2.45, 2.75) is 31.8 Å². The molecule has 4 rings (SSSR count). The summed E-state index contributed by atoms with van der Waals surface area (Å²) in [4.78, 5) is 31.8. The van der Waals surface area contributed by atoms with Crippen molar-refractivity contribution in [3.8, 4) is 0 Å². The average Bonchev–Trinajstić information content (AvgIpc) is 2.70. The van der Waals surface area contributed by atoms with E-state index in [9.17, 15) is 4.79 Å². The number of likely N-dealkylation sites (tertiary alicyclic amines) is 1. The number of rotatable bonds is 5. The minimum absolute atomic E-state index is 0.269. The maximum Gasteiger partial charge on any atom is 0.241 e. The van der Waals surface area contributed by atoms with Gasteiger partial charge in [-0.3, -0.25) is 19.7 Å². The van der Waals surface area contributed by atoms with Gasteiger partial charge in [-0.15, -0.1) is 0 Å². The van der Waals surface area contributed by atoms with Crippen molar-refractivity contribution in [3.05, 3.63) is 54.2 Å². The third-order valence-electron chi connectivity index (χ3n) is 5.18. The summed E-state index contributed by atoms with van der Waals surface area (Å²) >= 11 is 0. The summed E-state index contributed by atoms with van der Waals surface area (Å²) in [6.45, 7) is 3.43. The van der Waals surface area contributed by atoms with Gasteiger partial charge in [-0.1, -0.05) is 0 Å². The summed E-state index contributed by atoms with van der Waals surface area (Å²) in [5.74, 6) is 0.253. The molecule has 8 heteroatoms. The largest absolute Gasteiger partial charge is 0.368 e. The van der Waals surface area contributed by atoms with Gasteiger partial charge in [0.25, 0.3) is 0 Å². The molecular weight excluding hydrogens is 354 g/mol. The molecule has 0 saturated carbocycles. The number of fused-ring (bicyclic) bond motifs is 1. The summed E-state index contributed by atoms with van der Waals surface area (Å²) in [5, 5.41) is 4.34. The van der Waals surface area contributed by atoms with Crippen LogP contribution in [0, 0.1) is 6.92 Å². The predicted octanol–water partition coefficient (Wildman–Crippen LogP) is 1.83. The van der Waals surface area contributed by atoms with Crippen LogP contribution < -0.4 is 11.1 Å². The fraction of sp³-hybridized carbons (Fsp3) is 0.350. The first-order valence-electron chi connectivity index (χ1n) is 9.41. The van der Waals surface area contributed by atoms with E-state index in [1.807, 2.05) is 25.1 Å². The highest BCUT2D eigenvalue weighted by molar-refractivity contribution is 5.84. The Morgan fingerprint density at radius 2 is 1.89 bits per heavy atom. The Morgan fingerprint density at radius 3 is 2.61 bits per heavy atom. The molecule has 0 spiro atoms. The highest BCUT2D eigenvalue weighted by atomic mass is 16.1. The van der Waals surface area contributed by atoms with E-state index in [1.165, 1.54) is 0 Å². The molecule has 1 aliphatic heterocycles. The van der Waals surface area contributed by atoms with Gasteiger partial charge in [-0.25, -0.2) is 9.97 Å². The molecule has 3 N–H and O–H groups in total. The third-order valence-corrected chi connectivity index (χ3v) is 5.18. The van der Waals surface area contributed by atoms with E-state index < -0.39 is 6.04 Å². The number of aryl methyl sites for hydroxylation is 1. The smallest absolute Gasteiger partial charge is 0.241 e. The van der Waals surface area contributed by atoms with Crippen LogP contribution in [-0.2, 0) is 4.79 Å². The maximum absolute atomic E-state index is 12.3. The number of amides is 1. The molecule has 0 aromatic carbocycles. The summed E-state index contributed by atoms with van der Waals surface area (Å²) < 4.78 is 0. The Labute approximate surface area is 163 Å². The minimum Gasteiger partial charge on any atom is -0.368 e. The van der Waals surface area contributed by atoms with Crippen molar-refractivity contribution < 1.29 is 4.79 Å². The number of nitrogens with zero attached hydrogens (tertiary/aromatic N) is 5. The molecule has 1 unspecified atom stereocenters. The van der Waals surface area contributed by atoms with Gasteiger partial charge in [-0.2, -0.15) is 0 Å². The number of pyridine rings is 2. The van der Waals surface area contributed by atoms with Crippen LogP contribution in [0.5, 0.6) is 0 Å². The Balaban J connectivity index is 1.49. The maximum atomic E-state index is 12.3. The molecule has 4 heterocycles. The molecule has 28 heavy (non-hydrogen) atoms. The van der Waals surface area contributed by atoms with E-state index in [1.54, 1.807) is 24.7 Å². The van der Waals surface area contributed by atoms with Crippen LogP contribution >= 0.6 is 0 Å². The van der Waals surface area contributed by atoms with Gasteiger partial charge in [0.05, 0.1) is 11.2 Å². The van der Waals surface area contributed by atoms with Gasteiger partial charge >= 0.3 is 0 Å². The van der Waals surface area contributed by atoms with Crippen molar-refractivity contribution >= 4 is 22.8 Å².